The normalized spacial score (nSPS) is 20.9. The van der Waals surface area contributed by atoms with E-state index in [1.165, 1.54) is 0 Å². The number of carbonyl (C=O) groups is 1. The Morgan fingerprint density at radius 3 is 2.52 bits per heavy atom. The summed E-state index contributed by atoms with van der Waals surface area (Å²) in [7, 11) is 0. The molecule has 0 aromatic carbocycles. The van der Waals surface area contributed by atoms with Crippen LogP contribution in [0.4, 0.5) is 5.82 Å². The number of ether oxygens (including phenoxy) is 1. The van der Waals surface area contributed by atoms with Gasteiger partial charge in [-0.05, 0) is 31.9 Å². The maximum atomic E-state index is 12.5. The van der Waals surface area contributed by atoms with Crippen molar-refractivity contribution in [1.29, 1.82) is 0 Å². The SMILES string of the molecule is Cc1nc(N2CCN(C(=O)[C@@H]3CCCO3)CC2)cc(-n2cccc2)n1. The van der Waals surface area contributed by atoms with Crippen molar-refractivity contribution in [3.63, 3.8) is 0 Å². The highest BCUT2D eigenvalue weighted by atomic mass is 16.5. The molecule has 0 aliphatic carbocycles. The number of aryl methyl sites for hydroxylation is 1. The molecule has 0 unspecified atom stereocenters. The van der Waals surface area contributed by atoms with Gasteiger partial charge in [0.05, 0.1) is 0 Å². The van der Waals surface area contributed by atoms with Gasteiger partial charge in [-0.15, -0.1) is 0 Å². The number of nitrogens with zero attached hydrogens (tertiary/aromatic N) is 5. The highest BCUT2D eigenvalue weighted by Crippen LogP contribution is 2.20. The van der Waals surface area contributed by atoms with E-state index in [-0.39, 0.29) is 12.0 Å². The number of piperazine rings is 1. The van der Waals surface area contributed by atoms with Crippen LogP contribution >= 0.6 is 0 Å². The van der Waals surface area contributed by atoms with Crippen molar-refractivity contribution >= 4 is 11.7 Å². The first-order chi connectivity index (χ1) is 12.2. The Balaban J connectivity index is 1.45. The highest BCUT2D eigenvalue weighted by molar-refractivity contribution is 5.81. The summed E-state index contributed by atoms with van der Waals surface area (Å²) < 4.78 is 7.51. The number of hydrogen-bond donors (Lipinski definition) is 0. The van der Waals surface area contributed by atoms with Crippen LogP contribution in [0.15, 0.2) is 30.6 Å². The lowest BCUT2D eigenvalue weighted by molar-refractivity contribution is -0.141. The molecule has 1 atom stereocenters. The van der Waals surface area contributed by atoms with Crippen LogP contribution in [-0.4, -0.2) is 64.2 Å². The first-order valence-electron chi connectivity index (χ1n) is 8.85. The quantitative estimate of drug-likeness (QED) is 0.844. The van der Waals surface area contributed by atoms with Crippen LogP contribution in [-0.2, 0) is 9.53 Å². The van der Waals surface area contributed by atoms with Crippen LogP contribution in [0.5, 0.6) is 0 Å². The second-order valence-corrected chi connectivity index (χ2v) is 6.54. The molecule has 25 heavy (non-hydrogen) atoms. The molecule has 2 aromatic rings. The molecule has 2 aliphatic heterocycles. The number of aromatic nitrogens is 3. The van der Waals surface area contributed by atoms with Crippen LogP contribution in [0.3, 0.4) is 0 Å². The Morgan fingerprint density at radius 1 is 1.12 bits per heavy atom. The van der Waals surface area contributed by atoms with Gasteiger partial charge in [-0.2, -0.15) is 0 Å². The van der Waals surface area contributed by atoms with E-state index in [0.29, 0.717) is 19.7 Å². The number of hydrogen-bond acceptors (Lipinski definition) is 5. The minimum atomic E-state index is -0.229. The topological polar surface area (TPSA) is 63.5 Å². The van der Waals surface area contributed by atoms with Gasteiger partial charge >= 0.3 is 0 Å². The van der Waals surface area contributed by atoms with Crippen molar-refractivity contribution in [2.24, 2.45) is 0 Å². The molecule has 0 bridgehead atoms. The lowest BCUT2D eigenvalue weighted by atomic mass is 10.2. The lowest BCUT2D eigenvalue weighted by Crippen LogP contribution is -2.51. The monoisotopic (exact) mass is 341 g/mol. The zero-order valence-corrected chi connectivity index (χ0v) is 14.5. The van der Waals surface area contributed by atoms with Crippen LogP contribution in [0.25, 0.3) is 5.82 Å². The molecule has 7 heteroatoms. The molecule has 0 N–H and O–H groups in total. The van der Waals surface area contributed by atoms with E-state index in [9.17, 15) is 4.79 Å². The number of amides is 1. The molecule has 2 fully saturated rings. The van der Waals surface area contributed by atoms with Crippen molar-refractivity contribution in [3.8, 4) is 5.82 Å². The summed E-state index contributed by atoms with van der Waals surface area (Å²) in [4.78, 5) is 25.7. The molecule has 4 heterocycles. The molecular formula is C18H23N5O2. The summed E-state index contributed by atoms with van der Waals surface area (Å²) in [5.41, 5.74) is 0. The molecule has 2 aliphatic rings. The average Bonchev–Trinajstić information content (AvgIpc) is 3.34. The fourth-order valence-corrected chi connectivity index (χ4v) is 3.45. The summed E-state index contributed by atoms with van der Waals surface area (Å²) in [6, 6.07) is 5.96. The lowest BCUT2D eigenvalue weighted by Gasteiger charge is -2.36. The molecule has 0 saturated carbocycles. The maximum absolute atomic E-state index is 12.5. The van der Waals surface area contributed by atoms with Crippen LogP contribution in [0, 0.1) is 6.92 Å². The van der Waals surface area contributed by atoms with Gasteiger partial charge in [0.25, 0.3) is 5.91 Å². The Morgan fingerprint density at radius 2 is 1.84 bits per heavy atom. The van der Waals surface area contributed by atoms with Gasteiger partial charge in [-0.3, -0.25) is 4.79 Å². The Kier molecular flexibility index (Phi) is 4.40. The zero-order chi connectivity index (χ0) is 17.2. The van der Waals surface area contributed by atoms with E-state index in [2.05, 4.69) is 14.9 Å². The average molecular weight is 341 g/mol. The largest absolute Gasteiger partial charge is 0.368 e. The number of anilines is 1. The molecule has 1 amide bonds. The summed E-state index contributed by atoms with van der Waals surface area (Å²) in [6.45, 7) is 5.59. The van der Waals surface area contributed by atoms with E-state index in [1.807, 2.05) is 47.0 Å². The third-order valence-corrected chi connectivity index (χ3v) is 4.80. The van der Waals surface area contributed by atoms with Crippen LogP contribution < -0.4 is 4.90 Å². The fourth-order valence-electron chi connectivity index (χ4n) is 3.45. The highest BCUT2D eigenvalue weighted by Gasteiger charge is 2.30. The third-order valence-electron chi connectivity index (χ3n) is 4.80. The van der Waals surface area contributed by atoms with Crippen molar-refractivity contribution in [2.45, 2.75) is 25.9 Å². The van der Waals surface area contributed by atoms with Crippen molar-refractivity contribution in [3.05, 3.63) is 36.4 Å². The summed E-state index contributed by atoms with van der Waals surface area (Å²) in [5.74, 6) is 2.67. The fraction of sp³-hybridized carbons (Fsp3) is 0.500. The van der Waals surface area contributed by atoms with Crippen molar-refractivity contribution < 1.29 is 9.53 Å². The third kappa shape index (κ3) is 3.37. The molecular weight excluding hydrogens is 318 g/mol. The van der Waals surface area contributed by atoms with E-state index >= 15 is 0 Å². The molecule has 7 nitrogen and oxygen atoms in total. The van der Waals surface area contributed by atoms with Crippen LogP contribution in [0.1, 0.15) is 18.7 Å². The molecule has 4 rings (SSSR count). The van der Waals surface area contributed by atoms with Gasteiger partial charge < -0.3 is 19.1 Å². The number of carbonyl (C=O) groups excluding carboxylic acids is 1. The smallest absolute Gasteiger partial charge is 0.251 e. The minimum absolute atomic E-state index is 0.143. The Hall–Kier alpha value is -2.41. The van der Waals surface area contributed by atoms with E-state index in [0.717, 1.165) is 43.4 Å². The van der Waals surface area contributed by atoms with Gasteiger partial charge in [0, 0.05) is 51.2 Å². The van der Waals surface area contributed by atoms with Gasteiger partial charge in [0.1, 0.15) is 23.6 Å². The van der Waals surface area contributed by atoms with Gasteiger partial charge in [-0.1, -0.05) is 0 Å². The minimum Gasteiger partial charge on any atom is -0.368 e. The first-order valence-corrected chi connectivity index (χ1v) is 8.85. The predicted molar refractivity (Wildman–Crippen MR) is 93.9 cm³/mol. The van der Waals surface area contributed by atoms with E-state index in [1.54, 1.807) is 0 Å². The molecule has 132 valence electrons. The molecule has 2 saturated heterocycles. The second kappa shape index (κ2) is 6.84. The first kappa shape index (κ1) is 16.1. The maximum Gasteiger partial charge on any atom is 0.251 e. The Bertz CT molecular complexity index is 732. The predicted octanol–water partition coefficient (Wildman–Crippen LogP) is 1.40. The summed E-state index contributed by atoms with van der Waals surface area (Å²) in [6.07, 6.45) is 5.56. The zero-order valence-electron chi connectivity index (χ0n) is 14.5. The summed E-state index contributed by atoms with van der Waals surface area (Å²) >= 11 is 0. The molecule has 0 spiro atoms. The van der Waals surface area contributed by atoms with Crippen molar-refractivity contribution in [2.75, 3.05) is 37.7 Å². The standard InChI is InChI=1S/C18H23N5O2/c1-14-19-16(21-6-2-3-7-21)13-17(20-14)22-8-10-23(11-9-22)18(24)15-5-4-12-25-15/h2-3,6-7,13,15H,4-5,8-12H2,1H3/t15-/m0/s1. The second-order valence-electron chi connectivity index (χ2n) is 6.54. The number of rotatable bonds is 3. The summed E-state index contributed by atoms with van der Waals surface area (Å²) in [5, 5.41) is 0. The van der Waals surface area contributed by atoms with E-state index in [4.69, 9.17) is 4.74 Å². The van der Waals surface area contributed by atoms with Gasteiger partial charge in [0.2, 0.25) is 0 Å². The van der Waals surface area contributed by atoms with Gasteiger partial charge in [0.15, 0.2) is 0 Å². The Labute approximate surface area is 147 Å². The van der Waals surface area contributed by atoms with Crippen LogP contribution in [0.2, 0.25) is 0 Å². The van der Waals surface area contributed by atoms with Gasteiger partial charge in [-0.25, -0.2) is 9.97 Å². The van der Waals surface area contributed by atoms with Crippen molar-refractivity contribution in [1.82, 2.24) is 19.4 Å². The molecule has 2 aromatic heterocycles. The van der Waals surface area contributed by atoms with E-state index < -0.39 is 0 Å². The molecule has 0 radical (unpaired) electrons.